The summed E-state index contributed by atoms with van der Waals surface area (Å²) >= 11 is 0. The van der Waals surface area contributed by atoms with Gasteiger partial charge >= 0.3 is 6.09 Å². The van der Waals surface area contributed by atoms with Gasteiger partial charge in [0.2, 0.25) is 5.91 Å². The second kappa shape index (κ2) is 8.17. The van der Waals surface area contributed by atoms with Crippen LogP contribution in [0.25, 0.3) is 6.08 Å². The monoisotopic (exact) mass is 380 g/mol. The van der Waals surface area contributed by atoms with E-state index in [1.54, 1.807) is 18.2 Å². The highest BCUT2D eigenvalue weighted by Gasteiger charge is 2.26. The van der Waals surface area contributed by atoms with Crippen molar-refractivity contribution < 1.29 is 19.1 Å². The highest BCUT2D eigenvalue weighted by Crippen LogP contribution is 2.33. The molecule has 6 heteroatoms. The van der Waals surface area contributed by atoms with E-state index in [9.17, 15) is 9.59 Å². The Balaban J connectivity index is 1.73. The zero-order chi connectivity index (χ0) is 20.3. The summed E-state index contributed by atoms with van der Waals surface area (Å²) in [6.07, 6.45) is 2.92. The van der Waals surface area contributed by atoms with Crippen molar-refractivity contribution in [3.8, 4) is 5.75 Å². The predicted octanol–water partition coefficient (Wildman–Crippen LogP) is 4.23. The fourth-order valence-electron chi connectivity index (χ4n) is 3.10. The molecule has 0 aromatic heterocycles. The topological polar surface area (TPSA) is 67.9 Å². The average Bonchev–Trinajstić information content (AvgIpc) is 3.09. The second-order valence-corrected chi connectivity index (χ2v) is 6.77. The normalized spacial score (nSPS) is 13.7. The number of hydrogen-bond donors (Lipinski definition) is 1. The molecule has 1 fully saturated rings. The highest BCUT2D eigenvalue weighted by atomic mass is 16.6. The number of anilines is 2. The van der Waals surface area contributed by atoms with E-state index in [0.29, 0.717) is 30.3 Å². The quantitative estimate of drug-likeness (QED) is 0.789. The number of nitrogens with zero attached hydrogens (tertiary/aromatic N) is 1. The smallest absolute Gasteiger partial charge is 0.414 e. The number of amides is 2. The van der Waals surface area contributed by atoms with Crippen molar-refractivity contribution in [2.45, 2.75) is 20.8 Å². The third-order valence-electron chi connectivity index (χ3n) is 4.80. The minimum Gasteiger partial charge on any atom is -0.494 e. The molecule has 1 aliphatic rings. The van der Waals surface area contributed by atoms with E-state index >= 15 is 0 Å². The van der Waals surface area contributed by atoms with E-state index in [1.807, 2.05) is 13.0 Å². The summed E-state index contributed by atoms with van der Waals surface area (Å²) in [5.41, 5.74) is 5.75. The maximum absolute atomic E-state index is 12.3. The number of rotatable bonds is 5. The van der Waals surface area contributed by atoms with E-state index in [-0.39, 0.29) is 5.91 Å². The molecule has 1 aliphatic heterocycles. The van der Waals surface area contributed by atoms with Crippen LogP contribution in [0.5, 0.6) is 5.75 Å². The number of methoxy groups -OCH3 is 1. The lowest BCUT2D eigenvalue weighted by Crippen LogP contribution is -2.23. The van der Waals surface area contributed by atoms with Crippen molar-refractivity contribution in [2.75, 3.05) is 30.5 Å². The molecule has 1 heterocycles. The Hall–Kier alpha value is -3.28. The SMILES string of the molecule is COc1cc(NC(=O)/C=C/c2cc(C)c(C)cc2C)ccc1N1CCOC1=O. The molecule has 0 spiro atoms. The standard InChI is InChI=1S/C22H24N2O4/c1-14-11-16(3)17(12-15(14)2)5-8-21(25)23-18-6-7-19(20(13-18)27-4)24-9-10-28-22(24)26/h5-8,11-13H,9-10H2,1-4H3,(H,23,25)/b8-5+. The molecule has 28 heavy (non-hydrogen) atoms. The van der Waals surface area contributed by atoms with E-state index in [0.717, 1.165) is 11.1 Å². The third-order valence-corrected chi connectivity index (χ3v) is 4.80. The van der Waals surface area contributed by atoms with Gasteiger partial charge in [-0.3, -0.25) is 9.69 Å². The Kier molecular flexibility index (Phi) is 5.68. The lowest BCUT2D eigenvalue weighted by Gasteiger charge is -2.17. The van der Waals surface area contributed by atoms with Gasteiger partial charge < -0.3 is 14.8 Å². The van der Waals surface area contributed by atoms with Crippen LogP contribution in [-0.2, 0) is 9.53 Å². The van der Waals surface area contributed by atoms with E-state index in [1.165, 1.54) is 29.2 Å². The molecule has 0 unspecified atom stereocenters. The maximum Gasteiger partial charge on any atom is 0.414 e. The van der Waals surface area contributed by atoms with Gasteiger partial charge in [0.05, 0.1) is 19.3 Å². The molecule has 2 aromatic rings. The molecule has 146 valence electrons. The van der Waals surface area contributed by atoms with E-state index in [4.69, 9.17) is 9.47 Å². The first kappa shape index (κ1) is 19.5. The number of benzene rings is 2. The van der Waals surface area contributed by atoms with Crippen LogP contribution in [0.2, 0.25) is 0 Å². The van der Waals surface area contributed by atoms with Gasteiger partial charge in [0, 0.05) is 17.8 Å². The van der Waals surface area contributed by atoms with Gasteiger partial charge in [0.25, 0.3) is 0 Å². The van der Waals surface area contributed by atoms with E-state index in [2.05, 4.69) is 31.3 Å². The van der Waals surface area contributed by atoms with Crippen LogP contribution >= 0.6 is 0 Å². The zero-order valence-electron chi connectivity index (χ0n) is 16.5. The van der Waals surface area contributed by atoms with Crippen molar-refractivity contribution in [1.29, 1.82) is 0 Å². The number of carbonyl (C=O) groups is 2. The van der Waals surface area contributed by atoms with Gasteiger partial charge in [-0.15, -0.1) is 0 Å². The molecule has 3 rings (SSSR count). The summed E-state index contributed by atoms with van der Waals surface area (Å²) in [5.74, 6) is 0.249. The van der Waals surface area contributed by atoms with Crippen molar-refractivity contribution in [3.63, 3.8) is 0 Å². The van der Waals surface area contributed by atoms with Gasteiger partial charge in [0.1, 0.15) is 12.4 Å². The van der Waals surface area contributed by atoms with Crippen LogP contribution in [0, 0.1) is 20.8 Å². The molecule has 0 bridgehead atoms. The number of hydrogen-bond acceptors (Lipinski definition) is 4. The van der Waals surface area contributed by atoms with Crippen molar-refractivity contribution in [1.82, 2.24) is 0 Å². The van der Waals surface area contributed by atoms with Crippen LogP contribution in [0.15, 0.2) is 36.4 Å². The fourth-order valence-corrected chi connectivity index (χ4v) is 3.10. The molecule has 0 saturated carbocycles. The van der Waals surface area contributed by atoms with Crippen LogP contribution in [0.1, 0.15) is 22.3 Å². The first-order valence-corrected chi connectivity index (χ1v) is 9.08. The number of aryl methyl sites for hydroxylation is 3. The molecule has 2 amide bonds. The van der Waals surface area contributed by atoms with Crippen LogP contribution < -0.4 is 15.0 Å². The minimum absolute atomic E-state index is 0.243. The van der Waals surface area contributed by atoms with Crippen LogP contribution in [0.4, 0.5) is 16.2 Å². The summed E-state index contributed by atoms with van der Waals surface area (Å²) in [5, 5.41) is 2.82. The van der Waals surface area contributed by atoms with E-state index < -0.39 is 6.09 Å². The second-order valence-electron chi connectivity index (χ2n) is 6.77. The summed E-state index contributed by atoms with van der Waals surface area (Å²) < 4.78 is 10.3. The molecule has 0 radical (unpaired) electrons. The summed E-state index contributed by atoms with van der Waals surface area (Å²) in [6.45, 7) is 6.97. The van der Waals surface area contributed by atoms with Gasteiger partial charge in [0.15, 0.2) is 0 Å². The molecule has 1 N–H and O–H groups in total. The first-order valence-electron chi connectivity index (χ1n) is 9.08. The molecule has 6 nitrogen and oxygen atoms in total. The maximum atomic E-state index is 12.3. The third kappa shape index (κ3) is 4.17. The molecule has 2 aromatic carbocycles. The zero-order valence-corrected chi connectivity index (χ0v) is 16.5. The Morgan fingerprint density at radius 2 is 1.89 bits per heavy atom. The lowest BCUT2D eigenvalue weighted by molar-refractivity contribution is -0.111. The summed E-state index contributed by atoms with van der Waals surface area (Å²) in [6, 6.07) is 9.34. The van der Waals surface area contributed by atoms with Crippen LogP contribution in [-0.4, -0.2) is 32.3 Å². The molecule has 0 aliphatic carbocycles. The van der Waals surface area contributed by atoms with Crippen molar-refractivity contribution >= 4 is 29.5 Å². The molecular formula is C22H24N2O4. The summed E-state index contributed by atoms with van der Waals surface area (Å²) in [7, 11) is 1.52. The van der Waals surface area contributed by atoms with Crippen molar-refractivity contribution in [3.05, 3.63) is 58.7 Å². The summed E-state index contributed by atoms with van der Waals surface area (Å²) in [4.78, 5) is 25.6. The van der Waals surface area contributed by atoms with Gasteiger partial charge in [-0.05, 0) is 61.2 Å². The molecular weight excluding hydrogens is 356 g/mol. The van der Waals surface area contributed by atoms with Gasteiger partial charge in [-0.1, -0.05) is 12.1 Å². The van der Waals surface area contributed by atoms with Gasteiger partial charge in [-0.2, -0.15) is 0 Å². The number of carbonyl (C=O) groups excluding carboxylic acids is 2. The highest BCUT2D eigenvalue weighted by molar-refractivity contribution is 6.02. The fraction of sp³-hybridized carbons (Fsp3) is 0.273. The van der Waals surface area contributed by atoms with Crippen LogP contribution in [0.3, 0.4) is 0 Å². The average molecular weight is 380 g/mol. The molecule has 1 saturated heterocycles. The predicted molar refractivity (Wildman–Crippen MR) is 110 cm³/mol. The molecule has 0 atom stereocenters. The number of ether oxygens (including phenoxy) is 2. The Morgan fingerprint density at radius 1 is 1.14 bits per heavy atom. The lowest BCUT2D eigenvalue weighted by atomic mass is 10.0. The number of nitrogens with one attached hydrogen (secondary N) is 1. The Bertz CT molecular complexity index is 950. The first-order chi connectivity index (χ1) is 13.4. The minimum atomic E-state index is -0.401. The number of cyclic esters (lactones) is 1. The van der Waals surface area contributed by atoms with Crippen molar-refractivity contribution in [2.24, 2.45) is 0 Å². The van der Waals surface area contributed by atoms with Gasteiger partial charge in [-0.25, -0.2) is 4.79 Å². The Labute approximate surface area is 164 Å². The Morgan fingerprint density at radius 3 is 2.57 bits per heavy atom. The largest absolute Gasteiger partial charge is 0.494 e.